The Morgan fingerprint density at radius 1 is 0.443 bits per heavy atom. The Bertz CT molecular complexity index is 2970. The zero-order valence-corrected chi connectivity index (χ0v) is 45.8. The second-order valence-electron chi connectivity index (χ2n) is 17.9. The van der Waals surface area contributed by atoms with Gasteiger partial charge in [0.2, 0.25) is 29.5 Å². The quantitative estimate of drug-likeness (QED) is 0.0337. The Morgan fingerprint density at radius 2 is 0.835 bits per heavy atom. The molecule has 0 radical (unpaired) electrons. The minimum atomic E-state index is -3.81. The van der Waals surface area contributed by atoms with E-state index in [0.717, 1.165) is 6.42 Å². The van der Waals surface area contributed by atoms with Gasteiger partial charge in [0.15, 0.2) is 0 Å². The second kappa shape index (κ2) is 29.8. The molecule has 1 saturated heterocycles. The topological polar surface area (TPSA) is 346 Å². The molecule has 4 heterocycles. The van der Waals surface area contributed by atoms with Crippen molar-refractivity contribution in [3.63, 3.8) is 0 Å². The van der Waals surface area contributed by atoms with Gasteiger partial charge in [-0.05, 0) is 71.5 Å². The molecule has 416 valence electrons. The summed E-state index contributed by atoms with van der Waals surface area (Å²) >= 11 is 0. The van der Waals surface area contributed by atoms with Crippen molar-refractivity contribution >= 4 is 69.4 Å². The molecule has 0 bridgehead atoms. The molecule has 7 aromatic rings. The lowest BCUT2D eigenvalue weighted by Gasteiger charge is -2.21. The molecule has 79 heavy (non-hydrogen) atoms. The summed E-state index contributed by atoms with van der Waals surface area (Å²) in [6.07, 6.45) is 6.96. The predicted octanol–water partition coefficient (Wildman–Crippen LogP) is 7.80. The van der Waals surface area contributed by atoms with E-state index in [0.29, 0.717) is 35.3 Å². The predicted molar refractivity (Wildman–Crippen MR) is 297 cm³/mol. The van der Waals surface area contributed by atoms with Gasteiger partial charge in [-0.1, -0.05) is 127 Å². The molecule has 8 N–H and O–H groups in total. The van der Waals surface area contributed by atoms with E-state index >= 15 is 0 Å². The van der Waals surface area contributed by atoms with Gasteiger partial charge in [-0.15, -0.1) is 0 Å². The summed E-state index contributed by atoms with van der Waals surface area (Å²) in [5, 5.41) is 37.5. The molecule has 8 rings (SSSR count). The minimum Gasteiger partial charge on any atom is -0.481 e. The zero-order valence-electron chi connectivity index (χ0n) is 42.2. The van der Waals surface area contributed by atoms with Gasteiger partial charge in [-0.3, -0.25) is 52.4 Å². The summed E-state index contributed by atoms with van der Waals surface area (Å²) in [7, 11) is -14.9. The number of nitrogens with zero attached hydrogens (tertiary/aromatic N) is 3. The van der Waals surface area contributed by atoms with Crippen molar-refractivity contribution in [3.8, 4) is 0 Å². The average molecular weight is 1160 g/mol. The number of carboxylic acids is 4. The molecule has 9 atom stereocenters. The molecule has 0 aliphatic carbocycles. The second-order valence-corrected chi connectivity index (χ2v) is 27.1. The molecule has 1 aliphatic heterocycles. The lowest BCUT2D eigenvalue weighted by molar-refractivity contribution is -0.139. The molecule has 1 aliphatic rings. The fraction of sp³-hybridized carbons (Fsp3) is 0.218. The highest BCUT2D eigenvalue weighted by molar-refractivity contribution is 7.66. The Morgan fingerprint density at radius 3 is 1.19 bits per heavy atom. The fourth-order valence-electron chi connectivity index (χ4n) is 8.05. The van der Waals surface area contributed by atoms with Gasteiger partial charge in [0.25, 0.3) is 0 Å². The Hall–Kier alpha value is -7.07. The number of ether oxygens (including phenoxy) is 1. The van der Waals surface area contributed by atoms with Crippen molar-refractivity contribution in [1.29, 1.82) is 0 Å². The molecule has 0 spiro atoms. The van der Waals surface area contributed by atoms with Crippen molar-refractivity contribution < 1.29 is 82.2 Å². The van der Waals surface area contributed by atoms with Crippen molar-refractivity contribution in [2.75, 3.05) is 31.3 Å². The molecule has 3 aromatic heterocycles. The third-order valence-corrected chi connectivity index (χ3v) is 20.1. The van der Waals surface area contributed by atoms with Crippen LogP contribution in [0.25, 0.3) is 0 Å². The summed E-state index contributed by atoms with van der Waals surface area (Å²) in [6.45, 7) is 0.471. The van der Waals surface area contributed by atoms with E-state index in [1.165, 1.54) is 55.2 Å². The first-order valence-corrected chi connectivity index (χ1v) is 31.7. The van der Waals surface area contributed by atoms with Crippen molar-refractivity contribution in [2.45, 2.75) is 42.4 Å². The van der Waals surface area contributed by atoms with Crippen LogP contribution in [0.3, 0.4) is 0 Å². The monoisotopic (exact) mass is 1160 g/mol. The van der Waals surface area contributed by atoms with Crippen LogP contribution in [0, 0.1) is 0 Å². The van der Waals surface area contributed by atoms with Crippen LogP contribution in [0.1, 0.15) is 58.8 Å². The number of benzene rings is 4. The molecule has 1 fully saturated rings. The summed E-state index contributed by atoms with van der Waals surface area (Å²) < 4.78 is 54.6. The highest BCUT2D eigenvalue weighted by Crippen LogP contribution is 2.53. The summed E-state index contributed by atoms with van der Waals surface area (Å²) in [6, 6.07) is 44.5. The maximum absolute atomic E-state index is 12.4. The summed E-state index contributed by atoms with van der Waals surface area (Å²) in [5.74, 6) is -9.19. The lowest BCUT2D eigenvalue weighted by atomic mass is 10.0. The molecular weight excluding hydrogens is 1100 g/mol. The summed E-state index contributed by atoms with van der Waals surface area (Å²) in [5.41, 5.74) is 2.11. The molecule has 24 heteroatoms. The molecular formula is C55H59N3O17P4. The number of aromatic nitrogens is 3. The maximum Gasteiger partial charge on any atom is 0.311 e. The van der Waals surface area contributed by atoms with Crippen LogP contribution < -0.4 is 16.0 Å². The van der Waals surface area contributed by atoms with Gasteiger partial charge in [-0.2, -0.15) is 0 Å². The van der Waals surface area contributed by atoms with Crippen molar-refractivity contribution in [3.05, 3.63) is 217 Å². The number of pyridine rings is 3. The van der Waals surface area contributed by atoms with Gasteiger partial charge >= 0.3 is 23.9 Å². The number of hydrogen-bond donors (Lipinski definition) is 8. The first-order valence-electron chi connectivity index (χ1n) is 24.2. The average Bonchev–Trinajstić information content (AvgIpc) is 4.03. The van der Waals surface area contributed by atoms with E-state index in [1.54, 1.807) is 140 Å². The van der Waals surface area contributed by atoms with E-state index < -0.39 is 82.9 Å². The van der Waals surface area contributed by atoms with Gasteiger partial charge in [0, 0.05) is 67.5 Å². The van der Waals surface area contributed by atoms with Crippen LogP contribution in [-0.2, 0) is 42.2 Å². The first-order chi connectivity index (χ1) is 37.5. The SMILES string of the molecule is O=C(O)C(CP(=O)(O)C1CCCO1)c1ccccc1.O=C(O)C(CP(=O)(O)c1ccccn1)c1ccccc1.O=C(O)C(CP(=O)(O)c1cccnc1)c1ccccc1.O=C(O)C(CP(=O)(O)c1ccncc1)c1ccccc1. The van der Waals surface area contributed by atoms with E-state index in [9.17, 15) is 77.4 Å². The minimum absolute atomic E-state index is 0.0298. The third kappa shape index (κ3) is 19.4. The van der Waals surface area contributed by atoms with Gasteiger partial charge in [0.05, 0.1) is 29.0 Å². The molecule has 9 unspecified atom stereocenters. The maximum atomic E-state index is 12.4. The van der Waals surface area contributed by atoms with Gasteiger partial charge in [0.1, 0.15) is 11.3 Å². The van der Waals surface area contributed by atoms with Crippen LogP contribution in [0.4, 0.5) is 0 Å². The number of hydrogen-bond acceptors (Lipinski definition) is 12. The number of rotatable bonds is 20. The van der Waals surface area contributed by atoms with E-state index in [2.05, 4.69) is 15.0 Å². The van der Waals surface area contributed by atoms with Crippen LogP contribution in [0.2, 0.25) is 0 Å². The smallest absolute Gasteiger partial charge is 0.311 e. The van der Waals surface area contributed by atoms with E-state index in [-0.39, 0.29) is 40.7 Å². The Kier molecular flexibility index (Phi) is 23.7. The Labute approximate surface area is 455 Å². The largest absolute Gasteiger partial charge is 0.481 e. The van der Waals surface area contributed by atoms with Crippen LogP contribution in [0.5, 0.6) is 0 Å². The standard InChI is InChI=1S/3C14H14NO4P.C13H17O5P/c16-14(17)12(11-6-2-1-3-7-11)10-20(18,19)13-8-4-5-9-15-13;16-14(17)13(11-5-2-1-3-6-11)10-20(18,19)12-7-4-8-15-9-12;16-14(17)13(11-4-2-1-3-5-11)10-20(18,19)12-6-8-15-9-7-12;14-13(15)11(10-5-2-1-3-6-10)9-19(16,17)12-7-4-8-18-12/h1-9,12H,10H2,(H,16,17)(H,18,19);2*1-9,13H,10H2,(H,16,17)(H,18,19);1-3,5-6,11-12H,4,7-9H2,(H,14,15)(H,16,17). The molecule has 0 saturated carbocycles. The first kappa shape index (κ1) is 62.8. The summed E-state index contributed by atoms with van der Waals surface area (Å²) in [4.78, 5) is 97.2. The zero-order chi connectivity index (χ0) is 57.6. The van der Waals surface area contributed by atoms with Crippen LogP contribution >= 0.6 is 29.5 Å². The number of aliphatic carboxylic acids is 4. The molecule has 4 aromatic carbocycles. The van der Waals surface area contributed by atoms with Crippen LogP contribution in [-0.4, -0.2) is 116 Å². The fourth-order valence-corrected chi connectivity index (χ4v) is 15.0. The van der Waals surface area contributed by atoms with E-state index in [4.69, 9.17) is 4.74 Å². The highest BCUT2D eigenvalue weighted by atomic mass is 31.2. The molecule has 20 nitrogen and oxygen atoms in total. The van der Waals surface area contributed by atoms with Crippen molar-refractivity contribution in [2.24, 2.45) is 0 Å². The van der Waals surface area contributed by atoms with Crippen molar-refractivity contribution in [1.82, 2.24) is 15.0 Å². The normalized spacial score (nSPS) is 17.3. The number of carboxylic acid groups (broad SMARTS) is 4. The highest BCUT2D eigenvalue weighted by Gasteiger charge is 2.39. The lowest BCUT2D eigenvalue weighted by Crippen LogP contribution is -2.20. The van der Waals surface area contributed by atoms with Crippen LogP contribution in [0.15, 0.2) is 195 Å². The third-order valence-electron chi connectivity index (χ3n) is 12.2. The van der Waals surface area contributed by atoms with E-state index in [1.807, 2.05) is 0 Å². The number of carbonyl (C=O) groups is 4. The molecule has 0 amide bonds. The Balaban J connectivity index is 0.000000194. The van der Waals surface area contributed by atoms with Gasteiger partial charge < -0.3 is 44.7 Å². The van der Waals surface area contributed by atoms with Gasteiger partial charge in [-0.25, -0.2) is 0 Å².